The van der Waals surface area contributed by atoms with Gasteiger partial charge in [-0.05, 0) is 54.5 Å². The molecule has 0 spiro atoms. The Labute approximate surface area is 166 Å². The molecule has 1 amide bonds. The largest absolute Gasteiger partial charge is 0.506 e. The third-order valence-electron chi connectivity index (χ3n) is 6.15. The fourth-order valence-electron chi connectivity index (χ4n) is 5.12. The predicted molar refractivity (Wildman–Crippen MR) is 105 cm³/mol. The van der Waals surface area contributed by atoms with Crippen LogP contribution in [0.15, 0.2) is 47.4 Å². The first-order valence-electron chi connectivity index (χ1n) is 9.57. The monoisotopic (exact) mass is 393 g/mol. The lowest BCUT2D eigenvalue weighted by Crippen LogP contribution is -2.73. The highest BCUT2D eigenvalue weighted by atomic mass is 19.1. The van der Waals surface area contributed by atoms with Crippen LogP contribution in [0.3, 0.4) is 0 Å². The first-order chi connectivity index (χ1) is 13.8. The number of hydrogen-bond acceptors (Lipinski definition) is 4. The number of rotatable bonds is 4. The zero-order valence-electron chi connectivity index (χ0n) is 15.9. The molecular weight excluding hydrogens is 373 g/mol. The third kappa shape index (κ3) is 2.72. The van der Waals surface area contributed by atoms with Crippen LogP contribution in [0.25, 0.3) is 11.0 Å². The Balaban J connectivity index is 1.59. The summed E-state index contributed by atoms with van der Waals surface area (Å²) in [6.07, 6.45) is 4.20. The molecule has 1 aromatic carbocycles. The minimum Gasteiger partial charge on any atom is -0.506 e. The predicted octanol–water partition coefficient (Wildman–Crippen LogP) is 2.96. The second kappa shape index (κ2) is 5.89. The first-order valence-corrected chi connectivity index (χ1v) is 9.57. The molecule has 3 aromatic rings. The molecule has 148 valence electrons. The Bertz CT molecular complexity index is 1200. The van der Waals surface area contributed by atoms with Gasteiger partial charge in [-0.15, -0.1) is 0 Å². The van der Waals surface area contributed by atoms with Gasteiger partial charge >= 0.3 is 0 Å². The van der Waals surface area contributed by atoms with Crippen molar-refractivity contribution in [2.75, 3.05) is 0 Å². The normalized spacial score (nSPS) is 24.6. The van der Waals surface area contributed by atoms with Crippen molar-refractivity contribution in [3.63, 3.8) is 0 Å². The molecule has 0 saturated heterocycles. The molecule has 2 bridgehead atoms. The highest BCUT2D eigenvalue weighted by molar-refractivity contribution is 6.02. The van der Waals surface area contributed by atoms with Crippen LogP contribution in [0.5, 0.6) is 5.75 Å². The van der Waals surface area contributed by atoms with Crippen molar-refractivity contribution in [1.29, 1.82) is 0 Å². The van der Waals surface area contributed by atoms with E-state index in [9.17, 15) is 19.1 Å². The fourth-order valence-corrected chi connectivity index (χ4v) is 5.12. The van der Waals surface area contributed by atoms with Crippen molar-refractivity contribution in [2.45, 2.75) is 38.3 Å². The molecule has 2 N–H and O–H groups in total. The average Bonchev–Trinajstić information content (AvgIpc) is 2.64. The molecule has 0 aliphatic heterocycles. The van der Waals surface area contributed by atoms with Crippen LogP contribution >= 0.6 is 0 Å². The van der Waals surface area contributed by atoms with E-state index in [1.54, 1.807) is 24.3 Å². The molecule has 0 unspecified atom stereocenters. The van der Waals surface area contributed by atoms with Crippen molar-refractivity contribution in [3.05, 3.63) is 69.9 Å². The Hall–Kier alpha value is -3.22. The van der Waals surface area contributed by atoms with Crippen LogP contribution in [0.2, 0.25) is 0 Å². The van der Waals surface area contributed by atoms with E-state index in [1.807, 2.05) is 0 Å². The zero-order chi connectivity index (χ0) is 20.4. The van der Waals surface area contributed by atoms with Gasteiger partial charge in [-0.3, -0.25) is 14.2 Å². The number of carbonyl (C=O) groups excluding carboxylic acids is 1. The average molecular weight is 393 g/mol. The summed E-state index contributed by atoms with van der Waals surface area (Å²) < 4.78 is 14.6. The summed E-state index contributed by atoms with van der Waals surface area (Å²) >= 11 is 0. The van der Waals surface area contributed by atoms with E-state index < -0.39 is 11.5 Å². The number of nitrogens with zero attached hydrogens (tertiary/aromatic N) is 2. The Kier molecular flexibility index (Phi) is 3.62. The van der Waals surface area contributed by atoms with Crippen LogP contribution in [-0.4, -0.2) is 26.1 Å². The summed E-state index contributed by atoms with van der Waals surface area (Å²) in [6, 6.07) is 9.04. The van der Waals surface area contributed by atoms with Crippen LogP contribution in [0.1, 0.15) is 42.1 Å². The van der Waals surface area contributed by atoms with Gasteiger partial charge in [0, 0.05) is 11.7 Å². The number of fused-ring (bicyclic) bond motifs is 1. The first kappa shape index (κ1) is 17.8. The molecule has 2 aromatic heterocycles. The standard InChI is InChI=1S/C22H20FN3O3/c1-21-10-22(11-21,12-21)25-19(28)16-17(27)15-3-2-8-24-18(15)26(20(16)29)9-13-4-6-14(23)7-5-13/h2-8,27H,9-12H2,1H3,(H,25,28). The number of aromatic nitrogens is 2. The maximum absolute atomic E-state index is 13.2. The number of aromatic hydroxyl groups is 1. The van der Waals surface area contributed by atoms with Gasteiger partial charge in [0.2, 0.25) is 0 Å². The lowest BCUT2D eigenvalue weighted by atomic mass is 9.40. The Morgan fingerprint density at radius 1 is 1.24 bits per heavy atom. The highest BCUT2D eigenvalue weighted by Crippen LogP contribution is 2.66. The molecule has 6 nitrogen and oxygen atoms in total. The summed E-state index contributed by atoms with van der Waals surface area (Å²) in [5.74, 6) is -1.29. The van der Waals surface area contributed by atoms with E-state index in [4.69, 9.17) is 0 Å². The molecule has 29 heavy (non-hydrogen) atoms. The van der Waals surface area contributed by atoms with E-state index in [2.05, 4.69) is 17.2 Å². The molecule has 3 fully saturated rings. The van der Waals surface area contributed by atoms with E-state index in [1.165, 1.54) is 22.9 Å². The van der Waals surface area contributed by atoms with E-state index in [0.29, 0.717) is 16.4 Å². The van der Waals surface area contributed by atoms with Crippen molar-refractivity contribution >= 4 is 16.9 Å². The number of pyridine rings is 2. The van der Waals surface area contributed by atoms with Gasteiger partial charge in [-0.2, -0.15) is 0 Å². The minimum atomic E-state index is -0.617. The van der Waals surface area contributed by atoms with Crippen LogP contribution < -0.4 is 10.9 Å². The molecule has 0 atom stereocenters. The Morgan fingerprint density at radius 2 is 1.93 bits per heavy atom. The number of benzene rings is 1. The van der Waals surface area contributed by atoms with E-state index in [0.717, 1.165) is 19.3 Å². The van der Waals surface area contributed by atoms with E-state index in [-0.39, 0.29) is 34.9 Å². The summed E-state index contributed by atoms with van der Waals surface area (Å²) in [4.78, 5) is 30.4. The topological polar surface area (TPSA) is 84.2 Å². The summed E-state index contributed by atoms with van der Waals surface area (Å²) in [5, 5.41) is 14.0. The molecule has 2 heterocycles. The van der Waals surface area contributed by atoms with Crippen molar-refractivity contribution < 1.29 is 14.3 Å². The van der Waals surface area contributed by atoms with E-state index >= 15 is 0 Å². The second-order valence-electron chi connectivity index (χ2n) is 8.69. The van der Waals surface area contributed by atoms with Gasteiger partial charge < -0.3 is 10.4 Å². The SMILES string of the molecule is CC12CC(NC(=O)c3c(O)c4cccnc4n(Cc4ccc(F)cc4)c3=O)(C1)C2. The molecule has 3 aliphatic rings. The molecule has 6 rings (SSSR count). The molecular formula is C22H20FN3O3. The number of nitrogens with one attached hydrogen (secondary N) is 1. The summed E-state index contributed by atoms with van der Waals surface area (Å²) in [7, 11) is 0. The molecule has 0 radical (unpaired) electrons. The van der Waals surface area contributed by atoms with Crippen LogP contribution in [-0.2, 0) is 6.54 Å². The highest BCUT2D eigenvalue weighted by Gasteiger charge is 2.65. The van der Waals surface area contributed by atoms with Gasteiger partial charge in [0.05, 0.1) is 11.9 Å². The quantitative estimate of drug-likeness (QED) is 0.714. The molecule has 7 heteroatoms. The van der Waals surface area contributed by atoms with Crippen molar-refractivity contribution in [1.82, 2.24) is 14.9 Å². The lowest BCUT2D eigenvalue weighted by Gasteiger charge is -2.69. The van der Waals surface area contributed by atoms with Crippen molar-refractivity contribution in [2.24, 2.45) is 5.41 Å². The van der Waals surface area contributed by atoms with Gasteiger partial charge in [0.15, 0.2) is 0 Å². The zero-order valence-corrected chi connectivity index (χ0v) is 15.9. The number of carbonyl (C=O) groups is 1. The Morgan fingerprint density at radius 3 is 2.59 bits per heavy atom. The van der Waals surface area contributed by atoms with Gasteiger partial charge in [0.1, 0.15) is 22.8 Å². The number of hydrogen-bond donors (Lipinski definition) is 2. The fraction of sp³-hybridized carbons (Fsp3) is 0.318. The second-order valence-corrected chi connectivity index (χ2v) is 8.69. The summed E-state index contributed by atoms with van der Waals surface area (Å²) in [6.45, 7) is 2.28. The molecule has 3 saturated carbocycles. The minimum absolute atomic E-state index is 0.108. The lowest BCUT2D eigenvalue weighted by molar-refractivity contribution is -0.132. The number of halogens is 1. The van der Waals surface area contributed by atoms with Gasteiger partial charge in [0.25, 0.3) is 11.5 Å². The summed E-state index contributed by atoms with van der Waals surface area (Å²) in [5.41, 5.74) is 0.108. The molecule has 3 aliphatic carbocycles. The van der Waals surface area contributed by atoms with Crippen molar-refractivity contribution in [3.8, 4) is 5.75 Å². The van der Waals surface area contributed by atoms with Crippen LogP contribution in [0.4, 0.5) is 4.39 Å². The maximum atomic E-state index is 13.2. The van der Waals surface area contributed by atoms with Gasteiger partial charge in [-0.1, -0.05) is 19.1 Å². The van der Waals surface area contributed by atoms with Gasteiger partial charge in [-0.25, -0.2) is 9.37 Å². The number of amides is 1. The third-order valence-corrected chi connectivity index (χ3v) is 6.15. The smallest absolute Gasteiger partial charge is 0.269 e. The van der Waals surface area contributed by atoms with Crippen LogP contribution in [0, 0.1) is 11.2 Å². The maximum Gasteiger partial charge on any atom is 0.269 e.